The molecule has 1 atom stereocenters. The molecule has 1 unspecified atom stereocenters. The Labute approximate surface area is 185 Å². The first-order valence-electron chi connectivity index (χ1n) is 10.8. The fourth-order valence-corrected chi connectivity index (χ4v) is 4.14. The summed E-state index contributed by atoms with van der Waals surface area (Å²) in [5.41, 5.74) is 2.89. The van der Waals surface area contributed by atoms with Crippen molar-refractivity contribution in [3.8, 4) is 11.3 Å². The zero-order valence-corrected chi connectivity index (χ0v) is 17.5. The summed E-state index contributed by atoms with van der Waals surface area (Å²) in [5.74, 6) is 0.902. The Balaban J connectivity index is 1.35. The summed E-state index contributed by atoms with van der Waals surface area (Å²) in [5, 5.41) is 7.09. The van der Waals surface area contributed by atoms with E-state index in [0.717, 1.165) is 36.1 Å². The second kappa shape index (κ2) is 8.78. The van der Waals surface area contributed by atoms with Gasteiger partial charge in [0, 0.05) is 18.5 Å². The SMILES string of the molecule is O=C(c1cc(-c2ccc(F)cc2)n[nH]1)N1CCCCC1c1ncc(Cc2ccccc2)o1. The number of oxazole rings is 1. The van der Waals surface area contributed by atoms with Crippen LogP contribution in [0.2, 0.25) is 0 Å². The Bertz CT molecular complexity index is 1200. The van der Waals surface area contributed by atoms with Crippen molar-refractivity contribution in [1.29, 1.82) is 0 Å². The van der Waals surface area contributed by atoms with Crippen molar-refractivity contribution in [3.63, 3.8) is 0 Å². The fraction of sp³-hybridized carbons (Fsp3) is 0.240. The number of likely N-dealkylation sites (tertiary alicyclic amines) is 1. The second-order valence-corrected chi connectivity index (χ2v) is 8.01. The van der Waals surface area contributed by atoms with Crippen LogP contribution in [0.3, 0.4) is 0 Å². The van der Waals surface area contributed by atoms with Gasteiger partial charge >= 0.3 is 0 Å². The number of aromatic nitrogens is 3. The van der Waals surface area contributed by atoms with Gasteiger partial charge in [-0.15, -0.1) is 0 Å². The normalized spacial score (nSPS) is 16.3. The molecule has 0 saturated carbocycles. The van der Waals surface area contributed by atoms with Gasteiger partial charge in [-0.2, -0.15) is 5.10 Å². The number of hydrogen-bond acceptors (Lipinski definition) is 4. The summed E-state index contributed by atoms with van der Waals surface area (Å²) >= 11 is 0. The number of nitrogens with one attached hydrogen (secondary N) is 1. The van der Waals surface area contributed by atoms with Gasteiger partial charge in [-0.1, -0.05) is 30.3 Å². The molecule has 0 bridgehead atoms. The molecule has 0 spiro atoms. The van der Waals surface area contributed by atoms with Crippen LogP contribution in [0.5, 0.6) is 0 Å². The molecule has 5 rings (SSSR count). The summed E-state index contributed by atoms with van der Waals surface area (Å²) in [4.78, 5) is 19.6. The number of benzene rings is 2. The molecule has 32 heavy (non-hydrogen) atoms. The molecule has 1 fully saturated rings. The zero-order valence-electron chi connectivity index (χ0n) is 17.5. The average Bonchev–Trinajstić information content (AvgIpc) is 3.50. The lowest BCUT2D eigenvalue weighted by atomic mass is 10.0. The third-order valence-corrected chi connectivity index (χ3v) is 5.79. The van der Waals surface area contributed by atoms with Gasteiger partial charge in [0.1, 0.15) is 23.3 Å². The van der Waals surface area contributed by atoms with Crippen molar-refractivity contribution >= 4 is 5.91 Å². The summed E-state index contributed by atoms with van der Waals surface area (Å²) in [6.07, 6.45) is 5.15. The maximum absolute atomic E-state index is 13.3. The van der Waals surface area contributed by atoms with E-state index < -0.39 is 0 Å². The van der Waals surface area contributed by atoms with E-state index in [1.807, 2.05) is 23.1 Å². The highest BCUT2D eigenvalue weighted by Crippen LogP contribution is 2.32. The van der Waals surface area contributed by atoms with Crippen LogP contribution in [0, 0.1) is 5.82 Å². The number of nitrogens with zero attached hydrogens (tertiary/aromatic N) is 3. The van der Waals surface area contributed by atoms with Crippen molar-refractivity contribution in [3.05, 3.63) is 95.6 Å². The molecule has 2 aromatic heterocycles. The maximum atomic E-state index is 13.3. The molecule has 3 heterocycles. The number of carbonyl (C=O) groups is 1. The number of H-pyrrole nitrogens is 1. The molecule has 1 N–H and O–H groups in total. The standard InChI is InChI=1S/C25H23FN4O2/c26-19-11-9-18(10-12-19)21-15-22(29-28-21)25(31)30-13-5-4-8-23(30)24-27-16-20(32-24)14-17-6-2-1-3-7-17/h1-3,6-7,9-12,15-16,23H,4-5,8,13-14H2,(H,28,29). The molecular weight excluding hydrogens is 407 g/mol. The molecule has 1 aliphatic heterocycles. The van der Waals surface area contributed by atoms with Crippen molar-refractivity contribution in [2.24, 2.45) is 0 Å². The second-order valence-electron chi connectivity index (χ2n) is 8.01. The highest BCUT2D eigenvalue weighted by molar-refractivity contribution is 5.93. The largest absolute Gasteiger partial charge is 0.443 e. The number of carbonyl (C=O) groups excluding carboxylic acids is 1. The van der Waals surface area contributed by atoms with Crippen LogP contribution in [0.15, 0.2) is 71.3 Å². The van der Waals surface area contributed by atoms with Gasteiger partial charge < -0.3 is 9.32 Å². The Morgan fingerprint density at radius 2 is 1.94 bits per heavy atom. The third kappa shape index (κ3) is 4.19. The van der Waals surface area contributed by atoms with Gasteiger partial charge in [0.2, 0.25) is 5.89 Å². The van der Waals surface area contributed by atoms with Crippen LogP contribution < -0.4 is 0 Å². The van der Waals surface area contributed by atoms with Crippen molar-refractivity contribution in [2.45, 2.75) is 31.7 Å². The minimum atomic E-state index is -0.311. The Morgan fingerprint density at radius 3 is 2.75 bits per heavy atom. The molecule has 4 aromatic rings. The van der Waals surface area contributed by atoms with E-state index in [0.29, 0.717) is 30.2 Å². The predicted molar refractivity (Wildman–Crippen MR) is 117 cm³/mol. The molecule has 1 amide bonds. The van der Waals surface area contributed by atoms with E-state index in [1.165, 1.54) is 12.1 Å². The molecular formula is C25H23FN4O2. The smallest absolute Gasteiger partial charge is 0.272 e. The minimum Gasteiger partial charge on any atom is -0.443 e. The van der Waals surface area contributed by atoms with Crippen LogP contribution in [0.4, 0.5) is 4.39 Å². The molecule has 0 aliphatic carbocycles. The molecule has 7 heteroatoms. The van der Waals surface area contributed by atoms with E-state index in [1.54, 1.807) is 24.4 Å². The molecule has 162 valence electrons. The quantitative estimate of drug-likeness (QED) is 0.474. The van der Waals surface area contributed by atoms with E-state index in [2.05, 4.69) is 27.3 Å². The summed E-state index contributed by atoms with van der Waals surface area (Å²) in [6, 6.07) is 17.6. The van der Waals surface area contributed by atoms with Crippen LogP contribution in [0.1, 0.15) is 53.0 Å². The Hall–Kier alpha value is -3.74. The topological polar surface area (TPSA) is 75.0 Å². The fourth-order valence-electron chi connectivity index (χ4n) is 4.14. The summed E-state index contributed by atoms with van der Waals surface area (Å²) < 4.78 is 19.3. The van der Waals surface area contributed by atoms with Crippen molar-refractivity contribution in [2.75, 3.05) is 6.54 Å². The van der Waals surface area contributed by atoms with Crippen LogP contribution in [0.25, 0.3) is 11.3 Å². The van der Waals surface area contributed by atoms with E-state index in [4.69, 9.17) is 4.42 Å². The molecule has 0 radical (unpaired) electrons. The first kappa shape index (κ1) is 20.2. The van der Waals surface area contributed by atoms with Crippen molar-refractivity contribution in [1.82, 2.24) is 20.1 Å². The lowest BCUT2D eigenvalue weighted by Crippen LogP contribution is -2.38. The molecule has 1 saturated heterocycles. The van der Waals surface area contributed by atoms with Gasteiger partial charge in [-0.25, -0.2) is 9.37 Å². The number of halogens is 1. The zero-order chi connectivity index (χ0) is 21.9. The molecule has 2 aromatic carbocycles. The average molecular weight is 430 g/mol. The summed E-state index contributed by atoms with van der Waals surface area (Å²) in [7, 11) is 0. The third-order valence-electron chi connectivity index (χ3n) is 5.79. The van der Waals surface area contributed by atoms with E-state index in [-0.39, 0.29) is 17.8 Å². The number of hydrogen-bond donors (Lipinski definition) is 1. The number of aromatic amines is 1. The molecule has 6 nitrogen and oxygen atoms in total. The van der Waals surface area contributed by atoms with Crippen LogP contribution in [-0.4, -0.2) is 32.5 Å². The lowest BCUT2D eigenvalue weighted by Gasteiger charge is -2.33. The van der Waals surface area contributed by atoms with Crippen LogP contribution >= 0.6 is 0 Å². The highest BCUT2D eigenvalue weighted by Gasteiger charge is 2.32. The monoisotopic (exact) mass is 430 g/mol. The Morgan fingerprint density at radius 1 is 1.12 bits per heavy atom. The number of piperidine rings is 1. The van der Waals surface area contributed by atoms with E-state index >= 15 is 0 Å². The maximum Gasteiger partial charge on any atom is 0.272 e. The number of amides is 1. The van der Waals surface area contributed by atoms with Gasteiger partial charge in [0.05, 0.1) is 11.9 Å². The van der Waals surface area contributed by atoms with Crippen molar-refractivity contribution < 1.29 is 13.6 Å². The van der Waals surface area contributed by atoms with Crippen LogP contribution in [-0.2, 0) is 6.42 Å². The minimum absolute atomic E-state index is 0.140. The highest BCUT2D eigenvalue weighted by atomic mass is 19.1. The van der Waals surface area contributed by atoms with E-state index in [9.17, 15) is 9.18 Å². The van der Waals surface area contributed by atoms with Gasteiger partial charge in [0.25, 0.3) is 5.91 Å². The predicted octanol–water partition coefficient (Wildman–Crippen LogP) is 5.16. The van der Waals surface area contributed by atoms with Gasteiger partial charge in [0.15, 0.2) is 0 Å². The van der Waals surface area contributed by atoms with Gasteiger partial charge in [-0.05, 0) is 55.2 Å². The Kier molecular flexibility index (Phi) is 5.54. The number of rotatable bonds is 5. The first-order valence-corrected chi connectivity index (χ1v) is 10.8. The summed E-state index contributed by atoms with van der Waals surface area (Å²) in [6.45, 7) is 0.630. The first-order chi connectivity index (χ1) is 15.7. The molecule has 1 aliphatic rings. The van der Waals surface area contributed by atoms with Gasteiger partial charge in [-0.3, -0.25) is 9.89 Å². The lowest BCUT2D eigenvalue weighted by molar-refractivity contribution is 0.0564.